The van der Waals surface area contributed by atoms with Gasteiger partial charge in [-0.3, -0.25) is 9.59 Å². The molecule has 7 nitrogen and oxygen atoms in total. The number of nitrogens with zero attached hydrogens (tertiary/aromatic N) is 2. The normalized spacial score (nSPS) is 16.9. The second kappa shape index (κ2) is 9.64. The molecule has 8 heteroatoms. The monoisotopic (exact) mass is 440 g/mol. The summed E-state index contributed by atoms with van der Waals surface area (Å²) < 4.78 is 20.2. The van der Waals surface area contributed by atoms with Crippen molar-refractivity contribution in [2.45, 2.75) is 26.0 Å². The molecule has 2 amide bonds. The molecule has 1 aliphatic rings. The number of aromatic carboxylic acids is 1. The van der Waals surface area contributed by atoms with Gasteiger partial charge in [0.15, 0.2) is 0 Å². The van der Waals surface area contributed by atoms with E-state index in [-0.39, 0.29) is 29.2 Å². The Morgan fingerprint density at radius 3 is 2.44 bits per heavy atom. The number of amides is 2. The second-order valence-electron chi connectivity index (χ2n) is 7.71. The van der Waals surface area contributed by atoms with Gasteiger partial charge < -0.3 is 19.6 Å². The van der Waals surface area contributed by atoms with Gasteiger partial charge in [-0.05, 0) is 55.8 Å². The number of carbonyl (C=O) groups is 3. The van der Waals surface area contributed by atoms with Crippen molar-refractivity contribution in [3.05, 3.63) is 77.6 Å². The standard InChI is InChI=1S/C24H25FN2O5/c1-4-21(28)27-12-11-26(14-16(27)3)23(29)22(18-6-5-15(2)20(25)13-18)32-19-9-7-17(8-10-19)24(30)31/h4-10,13,16,22H,1,11-12,14H2,2-3H3,(H,30,31)/t16-,22+/m1/s1. The maximum atomic E-state index is 14.3. The van der Waals surface area contributed by atoms with Crippen LogP contribution in [0.3, 0.4) is 0 Å². The number of hydrogen-bond donors (Lipinski definition) is 1. The first-order valence-corrected chi connectivity index (χ1v) is 10.2. The molecule has 0 aliphatic carbocycles. The zero-order chi connectivity index (χ0) is 23.4. The number of carboxylic acids is 1. The van der Waals surface area contributed by atoms with Crippen LogP contribution in [0.4, 0.5) is 4.39 Å². The number of hydrogen-bond acceptors (Lipinski definition) is 4. The molecular weight excluding hydrogens is 415 g/mol. The lowest BCUT2D eigenvalue weighted by Gasteiger charge is -2.40. The maximum Gasteiger partial charge on any atom is 0.335 e. The van der Waals surface area contributed by atoms with Crippen LogP contribution in [0.5, 0.6) is 5.75 Å². The molecule has 2 aromatic carbocycles. The quantitative estimate of drug-likeness (QED) is 0.697. The molecule has 168 valence electrons. The van der Waals surface area contributed by atoms with Crippen molar-refractivity contribution >= 4 is 17.8 Å². The molecule has 2 atom stereocenters. The molecule has 32 heavy (non-hydrogen) atoms. The van der Waals surface area contributed by atoms with Crippen molar-refractivity contribution in [3.63, 3.8) is 0 Å². The Balaban J connectivity index is 1.87. The SMILES string of the molecule is C=CC(=O)N1CCN(C(=O)[C@@H](Oc2ccc(C(=O)O)cc2)c2ccc(C)c(F)c2)C[C@H]1C. The summed E-state index contributed by atoms with van der Waals surface area (Å²) in [7, 11) is 0. The third-order valence-corrected chi connectivity index (χ3v) is 5.47. The molecule has 0 bridgehead atoms. The number of halogens is 1. The first kappa shape index (κ1) is 23.0. The highest BCUT2D eigenvalue weighted by Crippen LogP contribution is 2.27. The maximum absolute atomic E-state index is 14.3. The van der Waals surface area contributed by atoms with Crippen LogP contribution in [0.25, 0.3) is 0 Å². The second-order valence-corrected chi connectivity index (χ2v) is 7.71. The van der Waals surface area contributed by atoms with Crippen molar-refractivity contribution < 1.29 is 28.6 Å². The van der Waals surface area contributed by atoms with Crippen LogP contribution in [0.15, 0.2) is 55.1 Å². The summed E-state index contributed by atoms with van der Waals surface area (Å²) in [5.74, 6) is -1.82. The lowest BCUT2D eigenvalue weighted by Crippen LogP contribution is -2.56. The molecule has 1 N–H and O–H groups in total. The number of rotatable bonds is 6. The van der Waals surface area contributed by atoms with Gasteiger partial charge in [0.2, 0.25) is 12.0 Å². The van der Waals surface area contributed by atoms with E-state index in [9.17, 15) is 18.8 Å². The van der Waals surface area contributed by atoms with E-state index < -0.39 is 17.9 Å². The van der Waals surface area contributed by atoms with Gasteiger partial charge in [-0.25, -0.2) is 9.18 Å². The van der Waals surface area contributed by atoms with Crippen LogP contribution >= 0.6 is 0 Å². The number of carbonyl (C=O) groups excluding carboxylic acids is 2. The van der Waals surface area contributed by atoms with E-state index in [2.05, 4.69) is 6.58 Å². The lowest BCUT2D eigenvalue weighted by molar-refractivity contribution is -0.145. The van der Waals surface area contributed by atoms with Gasteiger partial charge in [0.1, 0.15) is 11.6 Å². The van der Waals surface area contributed by atoms with Crippen molar-refractivity contribution in [3.8, 4) is 5.75 Å². The minimum atomic E-state index is -1.13. The van der Waals surface area contributed by atoms with E-state index in [4.69, 9.17) is 9.84 Å². The van der Waals surface area contributed by atoms with E-state index in [1.807, 2.05) is 6.92 Å². The fraction of sp³-hybridized carbons (Fsp3) is 0.292. The minimum Gasteiger partial charge on any atom is -0.478 e. The first-order chi connectivity index (χ1) is 15.2. The Bertz CT molecular complexity index is 1040. The third kappa shape index (κ3) is 4.96. The van der Waals surface area contributed by atoms with Gasteiger partial charge >= 0.3 is 5.97 Å². The fourth-order valence-electron chi connectivity index (χ4n) is 3.61. The average molecular weight is 440 g/mol. The average Bonchev–Trinajstić information content (AvgIpc) is 2.78. The Labute approximate surface area is 185 Å². The summed E-state index contributed by atoms with van der Waals surface area (Å²) in [5.41, 5.74) is 0.868. The summed E-state index contributed by atoms with van der Waals surface area (Å²) in [5, 5.41) is 9.08. The Hall–Kier alpha value is -3.68. The van der Waals surface area contributed by atoms with Crippen molar-refractivity contribution in [1.29, 1.82) is 0 Å². The third-order valence-electron chi connectivity index (χ3n) is 5.47. The minimum absolute atomic E-state index is 0.0819. The number of benzene rings is 2. The van der Waals surface area contributed by atoms with Gasteiger partial charge in [-0.2, -0.15) is 0 Å². The van der Waals surface area contributed by atoms with E-state index >= 15 is 0 Å². The van der Waals surface area contributed by atoms with Crippen LogP contribution in [0.1, 0.15) is 34.5 Å². The van der Waals surface area contributed by atoms with Gasteiger partial charge in [-0.1, -0.05) is 18.7 Å². The first-order valence-electron chi connectivity index (χ1n) is 10.2. The van der Waals surface area contributed by atoms with Crippen LogP contribution < -0.4 is 4.74 Å². The van der Waals surface area contributed by atoms with Crippen LogP contribution in [0, 0.1) is 12.7 Å². The molecule has 0 spiro atoms. The summed E-state index contributed by atoms with van der Waals surface area (Å²) in [4.78, 5) is 39.7. The molecule has 0 radical (unpaired) electrons. The van der Waals surface area contributed by atoms with Gasteiger partial charge in [0, 0.05) is 31.2 Å². The predicted molar refractivity (Wildman–Crippen MR) is 116 cm³/mol. The van der Waals surface area contributed by atoms with Gasteiger partial charge in [0.05, 0.1) is 5.56 Å². The smallest absolute Gasteiger partial charge is 0.335 e. The fourth-order valence-corrected chi connectivity index (χ4v) is 3.61. The van der Waals surface area contributed by atoms with Crippen molar-refractivity contribution in [2.75, 3.05) is 19.6 Å². The van der Waals surface area contributed by atoms with E-state index in [1.54, 1.807) is 28.9 Å². The highest BCUT2D eigenvalue weighted by molar-refractivity contribution is 5.88. The lowest BCUT2D eigenvalue weighted by atomic mass is 10.0. The van der Waals surface area contributed by atoms with Gasteiger partial charge in [0.25, 0.3) is 5.91 Å². The molecule has 0 unspecified atom stereocenters. The van der Waals surface area contributed by atoms with E-state index in [0.717, 1.165) is 0 Å². The Morgan fingerprint density at radius 1 is 1.19 bits per heavy atom. The summed E-state index contributed by atoms with van der Waals surface area (Å²) in [6.45, 7) is 7.92. The van der Waals surface area contributed by atoms with Crippen molar-refractivity contribution in [2.24, 2.45) is 0 Å². The van der Waals surface area contributed by atoms with E-state index in [0.29, 0.717) is 30.8 Å². The number of aryl methyl sites for hydroxylation is 1. The predicted octanol–water partition coefficient (Wildman–Crippen LogP) is 3.20. The molecule has 0 aromatic heterocycles. The zero-order valence-corrected chi connectivity index (χ0v) is 18.0. The number of carboxylic acid groups (broad SMARTS) is 1. The summed E-state index contributed by atoms with van der Waals surface area (Å²) in [6.07, 6.45) is 0.116. The molecule has 1 fully saturated rings. The Morgan fingerprint density at radius 2 is 1.88 bits per heavy atom. The van der Waals surface area contributed by atoms with Crippen molar-refractivity contribution in [1.82, 2.24) is 9.80 Å². The molecule has 1 heterocycles. The molecule has 0 saturated carbocycles. The largest absolute Gasteiger partial charge is 0.478 e. The topological polar surface area (TPSA) is 87.2 Å². The zero-order valence-electron chi connectivity index (χ0n) is 18.0. The highest BCUT2D eigenvalue weighted by atomic mass is 19.1. The van der Waals surface area contributed by atoms with Gasteiger partial charge in [-0.15, -0.1) is 0 Å². The molecular formula is C24H25FN2O5. The molecule has 1 saturated heterocycles. The van der Waals surface area contributed by atoms with Crippen LogP contribution in [0.2, 0.25) is 0 Å². The van der Waals surface area contributed by atoms with E-state index in [1.165, 1.54) is 36.4 Å². The molecule has 2 aromatic rings. The summed E-state index contributed by atoms with van der Waals surface area (Å²) in [6, 6.07) is 9.91. The highest BCUT2D eigenvalue weighted by Gasteiger charge is 2.34. The number of piperazine rings is 1. The molecule has 3 rings (SSSR count). The number of ether oxygens (including phenoxy) is 1. The van der Waals surface area contributed by atoms with Crippen LogP contribution in [-0.2, 0) is 9.59 Å². The summed E-state index contributed by atoms with van der Waals surface area (Å²) >= 11 is 0. The Kier molecular flexibility index (Phi) is 6.92. The van der Waals surface area contributed by atoms with Crippen LogP contribution in [-0.4, -0.2) is 58.4 Å². The molecule has 1 aliphatic heterocycles.